The summed E-state index contributed by atoms with van der Waals surface area (Å²) in [5, 5.41) is 33.4. The van der Waals surface area contributed by atoms with Crippen LogP contribution in [0.5, 0.6) is 0 Å². The number of likely N-dealkylation sites (tertiary alicyclic amines) is 1. The Bertz CT molecular complexity index is 1690. The number of nitrogens with two attached hydrogens (primary N) is 2. The Hall–Kier alpha value is -4.06. The van der Waals surface area contributed by atoms with Crippen molar-refractivity contribution < 1.29 is 53.5 Å². The van der Waals surface area contributed by atoms with E-state index >= 15 is 0 Å². The van der Waals surface area contributed by atoms with Crippen LogP contribution in [-0.4, -0.2) is 126 Å². The first-order chi connectivity index (χ1) is 33.3. The molecule has 0 radical (unpaired) electrons. The molecule has 6 unspecified atom stereocenters. The molecule has 16 heteroatoms. The van der Waals surface area contributed by atoms with E-state index in [-0.39, 0.29) is 48.0 Å². The van der Waals surface area contributed by atoms with E-state index in [0.29, 0.717) is 57.3 Å². The topological polar surface area (TPSA) is 245 Å². The number of aliphatic hydroxyl groups excluding tert-OH is 1. The van der Waals surface area contributed by atoms with E-state index < -0.39 is 41.5 Å². The molecule has 1 heterocycles. The van der Waals surface area contributed by atoms with Gasteiger partial charge < -0.3 is 40.3 Å². The number of methoxy groups -OCH3 is 3. The second kappa shape index (κ2) is 36.8. The van der Waals surface area contributed by atoms with Crippen LogP contribution in [0.25, 0.3) is 0 Å². The number of carbonyl (C=O) groups is 5. The number of aliphatic hydroxyl groups is 3. The van der Waals surface area contributed by atoms with E-state index in [2.05, 4.69) is 31.1 Å². The summed E-state index contributed by atoms with van der Waals surface area (Å²) in [5.74, 6) is 5.18. The molecule has 9 atom stereocenters. The van der Waals surface area contributed by atoms with E-state index in [9.17, 15) is 34.2 Å². The van der Waals surface area contributed by atoms with Crippen molar-refractivity contribution >= 4 is 35.6 Å². The molecule has 16 nitrogen and oxygen atoms in total. The van der Waals surface area contributed by atoms with Gasteiger partial charge in [-0.15, -0.1) is 0 Å². The average Bonchev–Trinajstić information content (AvgIpc) is 3.36. The molecular formula is C54H95N5O11. The van der Waals surface area contributed by atoms with Gasteiger partial charge in [0.1, 0.15) is 24.3 Å². The molecular weight excluding hydrogens is 895 g/mol. The van der Waals surface area contributed by atoms with Crippen molar-refractivity contribution in [1.82, 2.24) is 9.91 Å². The first kappa shape index (κ1) is 65.9. The summed E-state index contributed by atoms with van der Waals surface area (Å²) < 4.78 is 16.2. The maximum absolute atomic E-state index is 13.4. The van der Waals surface area contributed by atoms with Crippen molar-refractivity contribution in [2.45, 2.75) is 195 Å². The number of hydrazone groups is 1. The third-order valence-electron chi connectivity index (χ3n) is 13.6. The Labute approximate surface area is 421 Å². The minimum atomic E-state index is -2.82. The van der Waals surface area contributed by atoms with Crippen LogP contribution in [0.15, 0.2) is 52.7 Å². The average molecular weight is 990 g/mol. The van der Waals surface area contributed by atoms with Crippen LogP contribution >= 0.6 is 0 Å². The van der Waals surface area contributed by atoms with E-state index in [0.717, 1.165) is 75.4 Å². The molecule has 2 rings (SSSR count). The largest absolute Gasteiger partial charge is 0.467 e. The van der Waals surface area contributed by atoms with E-state index in [1.165, 1.54) is 19.0 Å². The molecule has 0 aromatic carbocycles. The molecule has 402 valence electrons. The molecule has 1 aliphatic heterocycles. The van der Waals surface area contributed by atoms with E-state index in [1.54, 1.807) is 26.2 Å². The highest BCUT2D eigenvalue weighted by Crippen LogP contribution is 2.32. The third-order valence-corrected chi connectivity index (χ3v) is 13.6. The zero-order valence-corrected chi connectivity index (χ0v) is 45.1. The zero-order valence-electron chi connectivity index (χ0n) is 45.1. The number of hydrazine groups is 1. The molecule has 0 bridgehead atoms. The minimum absolute atomic E-state index is 0.0142. The Balaban J connectivity index is 0.0000116. The number of ether oxygens (including phenoxy) is 3. The summed E-state index contributed by atoms with van der Waals surface area (Å²) in [4.78, 5) is 65.6. The van der Waals surface area contributed by atoms with Gasteiger partial charge in [0.25, 0.3) is 11.7 Å². The lowest BCUT2D eigenvalue weighted by molar-refractivity contribution is -0.205. The minimum Gasteiger partial charge on any atom is -0.467 e. The summed E-state index contributed by atoms with van der Waals surface area (Å²) >= 11 is 0. The van der Waals surface area contributed by atoms with Crippen LogP contribution in [0.1, 0.15) is 165 Å². The summed E-state index contributed by atoms with van der Waals surface area (Å²) in [7, 11) is 5.49. The molecule has 1 amide bonds. The van der Waals surface area contributed by atoms with Crippen molar-refractivity contribution in [1.29, 1.82) is 0 Å². The quantitative estimate of drug-likeness (QED) is 0.00443. The molecule has 2 aliphatic rings. The normalized spacial score (nSPS) is 21.2. The smallest absolute Gasteiger partial charge is 0.328 e. The predicted molar refractivity (Wildman–Crippen MR) is 278 cm³/mol. The predicted octanol–water partition coefficient (Wildman–Crippen LogP) is 7.68. The maximum Gasteiger partial charge on any atom is 0.328 e. The van der Waals surface area contributed by atoms with Gasteiger partial charge in [0.05, 0.1) is 19.3 Å². The van der Waals surface area contributed by atoms with Gasteiger partial charge in [0.2, 0.25) is 5.79 Å². The Kier molecular flexibility index (Phi) is 34.7. The molecule has 1 saturated heterocycles. The monoisotopic (exact) mass is 990 g/mol. The fraction of sp³-hybridized carbons (Fsp3) is 0.741. The standard InChI is InChI=1S/C51H85N5O10.C2H6.CH4O/c1-35(21-13-11-15-23-40(6)51(62,63)48(59)49(60)55-29-19-18-25-43(55)50(61)66-9)20-12-10-14-22-36(2)30-39(5)47(58)46(65-8)32-37(3)31-38(4)44(57)26-17-16-24-41-27-28-42(45(33-41)64-7)56(53)34-54-52;2*1-2/h10,12,14,20,22,31,34,36,38-43,45-46,62-63H,11,13,15-19,21,23-30,32-33,52-53H2,1-9H3;1-2H3;2H,1H3/b12-10+,22-14+,35-20+,37-31+,54-34-;;/t36-,38-,39?,40?,41?,42?,43+,45?,46?;;/m1../s1. The van der Waals surface area contributed by atoms with Crippen molar-refractivity contribution in [3.8, 4) is 0 Å². The lowest BCUT2D eigenvalue weighted by Crippen LogP contribution is -2.57. The highest BCUT2D eigenvalue weighted by atomic mass is 16.5. The van der Waals surface area contributed by atoms with Crippen molar-refractivity contribution in [3.63, 3.8) is 0 Å². The van der Waals surface area contributed by atoms with E-state index in [1.807, 2.05) is 58.9 Å². The molecule has 1 saturated carbocycles. The van der Waals surface area contributed by atoms with Gasteiger partial charge in [-0.05, 0) is 96.3 Å². The number of ketones is 3. The highest BCUT2D eigenvalue weighted by molar-refractivity contribution is 6.39. The summed E-state index contributed by atoms with van der Waals surface area (Å²) in [6, 6.07) is -0.852. The van der Waals surface area contributed by atoms with Crippen molar-refractivity contribution in [3.05, 3.63) is 47.6 Å². The number of Topliss-reactive ketones (excluding diaryl/α,β-unsaturated/α-hetero) is 3. The number of allylic oxidation sites excluding steroid dienone is 7. The van der Waals surface area contributed by atoms with Gasteiger partial charge in [-0.2, -0.15) is 5.10 Å². The van der Waals surface area contributed by atoms with Gasteiger partial charge in [-0.25, -0.2) is 10.6 Å². The van der Waals surface area contributed by atoms with Crippen LogP contribution in [0, 0.1) is 29.6 Å². The van der Waals surface area contributed by atoms with Crippen LogP contribution in [0.3, 0.4) is 0 Å². The van der Waals surface area contributed by atoms with Crippen LogP contribution < -0.4 is 11.7 Å². The number of hydrogen-bond acceptors (Lipinski definition) is 14. The third kappa shape index (κ3) is 23.4. The van der Waals surface area contributed by atoms with Gasteiger partial charge >= 0.3 is 5.97 Å². The van der Waals surface area contributed by atoms with Gasteiger partial charge in [0.15, 0.2) is 5.78 Å². The maximum atomic E-state index is 13.4. The lowest BCUT2D eigenvalue weighted by Gasteiger charge is -2.38. The number of nitrogens with zero attached hydrogens (tertiary/aromatic N) is 3. The van der Waals surface area contributed by atoms with E-state index in [4.69, 9.17) is 31.0 Å². The van der Waals surface area contributed by atoms with Crippen molar-refractivity contribution in [2.24, 2.45) is 46.4 Å². The second-order valence-corrected chi connectivity index (χ2v) is 19.1. The molecule has 0 aromatic rings. The van der Waals surface area contributed by atoms with Crippen LogP contribution in [0.4, 0.5) is 0 Å². The molecule has 70 heavy (non-hydrogen) atoms. The summed E-state index contributed by atoms with van der Waals surface area (Å²) in [6.45, 7) is 15.7. The molecule has 0 spiro atoms. The SMILES string of the molecule is CC.CO.COC(=O)[C@@H]1CCCCN1C(=O)C(=O)C(O)(O)C(C)CCCCC/C(C)=C/C=C/C=C/[C@@H](C)CC(C)C(=O)C(C/C(C)=C/[C@@H](C)C(=O)CCCCC1CCC(N(N)/C=N\N)C(OC)C1)OC. The molecule has 1 aliphatic carbocycles. The fourth-order valence-corrected chi connectivity index (χ4v) is 9.35. The fourth-order valence-electron chi connectivity index (χ4n) is 9.35. The van der Waals surface area contributed by atoms with Crippen LogP contribution in [0.2, 0.25) is 0 Å². The van der Waals surface area contributed by atoms with Crippen LogP contribution in [-0.2, 0) is 38.2 Å². The number of hydrogen-bond donors (Lipinski definition) is 5. The van der Waals surface area contributed by atoms with Gasteiger partial charge in [-0.3, -0.25) is 24.2 Å². The number of carbonyl (C=O) groups excluding carboxylic acids is 5. The Morgan fingerprint density at radius 2 is 1.54 bits per heavy atom. The number of amides is 1. The summed E-state index contributed by atoms with van der Waals surface area (Å²) in [5.41, 5.74) is 2.16. The lowest BCUT2D eigenvalue weighted by atomic mass is 9.80. The first-order valence-corrected chi connectivity index (χ1v) is 25.7. The zero-order chi connectivity index (χ0) is 53.4. The summed E-state index contributed by atoms with van der Waals surface area (Å²) in [6.07, 6.45) is 25.6. The molecule has 7 N–H and O–H groups in total. The van der Waals surface area contributed by atoms with Crippen molar-refractivity contribution in [2.75, 3.05) is 35.0 Å². The number of piperidine rings is 1. The Morgan fingerprint density at radius 3 is 2.17 bits per heavy atom. The second-order valence-electron chi connectivity index (χ2n) is 19.1. The molecule has 2 fully saturated rings. The van der Waals surface area contributed by atoms with Gasteiger partial charge in [0, 0.05) is 58.5 Å². The number of esters is 1. The number of rotatable bonds is 30. The number of unbranched alkanes of at least 4 members (excludes halogenated alkanes) is 3. The highest BCUT2D eigenvalue weighted by Gasteiger charge is 2.47. The first-order valence-electron chi connectivity index (χ1n) is 25.7. The molecule has 0 aromatic heterocycles. The Morgan fingerprint density at radius 1 is 0.871 bits per heavy atom. The van der Waals surface area contributed by atoms with Gasteiger partial charge in [-0.1, -0.05) is 115 Å².